The Kier molecular flexibility index (Phi) is 6.31. The quantitative estimate of drug-likeness (QED) is 0.325. The van der Waals surface area contributed by atoms with Gasteiger partial charge in [-0.15, -0.1) is 22.7 Å². The van der Waals surface area contributed by atoms with Gasteiger partial charge in [-0.05, 0) is 37.6 Å². The first-order valence-electron chi connectivity index (χ1n) is 9.69. The Hall–Kier alpha value is -3.15. The number of carbonyl (C=O) groups excluding carboxylic acids is 2. The summed E-state index contributed by atoms with van der Waals surface area (Å²) in [5, 5.41) is 4.06. The zero-order valence-corrected chi connectivity index (χ0v) is 19.3. The summed E-state index contributed by atoms with van der Waals surface area (Å²) in [6.07, 6.45) is 1.32. The molecule has 0 atom stereocenters. The molecule has 1 amide bonds. The topological polar surface area (TPSA) is 112 Å². The van der Waals surface area contributed by atoms with Gasteiger partial charge < -0.3 is 14.8 Å². The van der Waals surface area contributed by atoms with Gasteiger partial charge in [0.2, 0.25) is 5.91 Å². The molecule has 1 N–H and O–H groups in total. The van der Waals surface area contributed by atoms with E-state index in [2.05, 4.69) is 15.3 Å². The van der Waals surface area contributed by atoms with E-state index in [0.717, 1.165) is 26.6 Å². The number of fused-ring (bicyclic) bond motifs is 2. The molecule has 166 valence electrons. The van der Waals surface area contributed by atoms with Crippen LogP contribution in [0.1, 0.15) is 20.2 Å². The third-order valence-corrected chi connectivity index (χ3v) is 6.83. The van der Waals surface area contributed by atoms with E-state index in [0.29, 0.717) is 26.3 Å². The lowest BCUT2D eigenvalue weighted by molar-refractivity contribution is -0.116. The van der Waals surface area contributed by atoms with Crippen molar-refractivity contribution in [3.05, 3.63) is 50.3 Å². The fourth-order valence-corrected chi connectivity index (χ4v) is 5.12. The van der Waals surface area contributed by atoms with Crippen molar-refractivity contribution in [1.29, 1.82) is 0 Å². The van der Waals surface area contributed by atoms with Crippen LogP contribution in [0.25, 0.3) is 20.4 Å². The van der Waals surface area contributed by atoms with Crippen LogP contribution in [0.5, 0.6) is 0 Å². The number of aromatic nitrogens is 3. The molecule has 3 heterocycles. The molecule has 4 rings (SSSR count). The summed E-state index contributed by atoms with van der Waals surface area (Å²) in [5.74, 6) is -0.888. The summed E-state index contributed by atoms with van der Waals surface area (Å²) in [7, 11) is 1.51. The number of benzene rings is 1. The first-order chi connectivity index (χ1) is 15.4. The van der Waals surface area contributed by atoms with E-state index in [-0.39, 0.29) is 31.2 Å². The minimum absolute atomic E-state index is 0.119. The molecule has 4 aromatic rings. The lowest BCUT2D eigenvalue weighted by atomic mass is 10.2. The summed E-state index contributed by atoms with van der Waals surface area (Å²) in [6.45, 7) is 3.80. The van der Waals surface area contributed by atoms with Crippen LogP contribution in [-0.2, 0) is 20.8 Å². The van der Waals surface area contributed by atoms with Crippen molar-refractivity contribution in [3.63, 3.8) is 0 Å². The second-order valence-corrected chi connectivity index (χ2v) is 9.24. The number of ether oxygens (including phenoxy) is 2. The second kappa shape index (κ2) is 9.15. The Morgan fingerprint density at radius 3 is 2.78 bits per heavy atom. The molecule has 0 radical (unpaired) electrons. The molecule has 0 spiro atoms. The fraction of sp³-hybridized carbons (Fsp3) is 0.286. The molecule has 0 aliphatic heterocycles. The van der Waals surface area contributed by atoms with Gasteiger partial charge in [-0.3, -0.25) is 14.2 Å². The minimum atomic E-state index is -0.528. The highest BCUT2D eigenvalue weighted by Crippen LogP contribution is 2.27. The molecule has 32 heavy (non-hydrogen) atoms. The first kappa shape index (κ1) is 22.1. The summed E-state index contributed by atoms with van der Waals surface area (Å²) in [6, 6.07) is 5.47. The first-order valence-corrected chi connectivity index (χ1v) is 11.3. The maximum absolute atomic E-state index is 13.0. The molecule has 1 aromatic carbocycles. The highest BCUT2D eigenvalue weighted by Gasteiger charge is 2.21. The predicted octanol–water partition coefficient (Wildman–Crippen LogP) is 3.13. The second-order valence-electron chi connectivity index (χ2n) is 7.01. The molecule has 0 aliphatic carbocycles. The molecule has 9 nitrogen and oxygen atoms in total. The Labute approximate surface area is 190 Å². The van der Waals surface area contributed by atoms with Crippen molar-refractivity contribution in [3.8, 4) is 0 Å². The monoisotopic (exact) mass is 472 g/mol. The van der Waals surface area contributed by atoms with Gasteiger partial charge in [0.05, 0.1) is 33.5 Å². The van der Waals surface area contributed by atoms with Gasteiger partial charge in [-0.25, -0.2) is 14.8 Å². The Morgan fingerprint density at radius 2 is 2.00 bits per heavy atom. The average molecular weight is 473 g/mol. The standard InChI is InChI=1S/C21H20N4O5S2/c1-11-17-19(32-18(11)21(28)30-7-6-29-3)22-10-25(20(17)27)9-16(26)24-13-4-5-14-15(8-13)31-12(2)23-14/h4-5,8,10H,6-7,9H2,1-3H3,(H,24,26). The number of hydrogen-bond donors (Lipinski definition) is 1. The summed E-state index contributed by atoms with van der Waals surface area (Å²) in [4.78, 5) is 47.3. The number of thiophene rings is 1. The SMILES string of the molecule is COCCOC(=O)c1sc2ncn(CC(=O)Nc3ccc4nc(C)sc4c3)c(=O)c2c1C. The van der Waals surface area contributed by atoms with Crippen LogP contribution in [0.3, 0.4) is 0 Å². The van der Waals surface area contributed by atoms with Crippen molar-refractivity contribution in [2.24, 2.45) is 0 Å². The van der Waals surface area contributed by atoms with Gasteiger partial charge in [0.25, 0.3) is 5.56 Å². The predicted molar refractivity (Wildman–Crippen MR) is 124 cm³/mol. The number of methoxy groups -OCH3 is 1. The van der Waals surface area contributed by atoms with Gasteiger partial charge in [-0.2, -0.15) is 0 Å². The van der Waals surface area contributed by atoms with Crippen LogP contribution < -0.4 is 10.9 Å². The minimum Gasteiger partial charge on any atom is -0.459 e. The molecule has 3 aromatic heterocycles. The third-order valence-electron chi connectivity index (χ3n) is 4.72. The molecule has 0 aliphatic rings. The number of aryl methyl sites for hydroxylation is 2. The number of anilines is 1. The normalized spacial score (nSPS) is 11.2. The van der Waals surface area contributed by atoms with Gasteiger partial charge in [0.1, 0.15) is 22.9 Å². The van der Waals surface area contributed by atoms with Crippen LogP contribution in [-0.4, -0.2) is 46.7 Å². The molecule has 11 heteroatoms. The number of hydrogen-bond acceptors (Lipinski definition) is 9. The Morgan fingerprint density at radius 1 is 1.19 bits per heavy atom. The number of thiazole rings is 1. The van der Waals surface area contributed by atoms with E-state index in [1.165, 1.54) is 18.0 Å². The third kappa shape index (κ3) is 4.40. The maximum atomic E-state index is 13.0. The number of nitrogens with zero attached hydrogens (tertiary/aromatic N) is 3. The average Bonchev–Trinajstić information content (AvgIpc) is 3.29. The fourth-order valence-electron chi connectivity index (χ4n) is 3.22. The van der Waals surface area contributed by atoms with Gasteiger partial charge >= 0.3 is 5.97 Å². The van der Waals surface area contributed by atoms with E-state index >= 15 is 0 Å². The van der Waals surface area contributed by atoms with E-state index in [1.54, 1.807) is 24.3 Å². The maximum Gasteiger partial charge on any atom is 0.348 e. The highest BCUT2D eigenvalue weighted by atomic mass is 32.1. The molecule has 0 fully saturated rings. The Bertz CT molecular complexity index is 1390. The summed E-state index contributed by atoms with van der Waals surface area (Å²) >= 11 is 2.63. The van der Waals surface area contributed by atoms with E-state index in [9.17, 15) is 14.4 Å². The lowest BCUT2D eigenvalue weighted by Crippen LogP contribution is -2.27. The lowest BCUT2D eigenvalue weighted by Gasteiger charge is -2.07. The highest BCUT2D eigenvalue weighted by molar-refractivity contribution is 7.20. The molecule has 0 saturated carbocycles. The largest absolute Gasteiger partial charge is 0.459 e. The zero-order chi connectivity index (χ0) is 22.8. The van der Waals surface area contributed by atoms with Crippen LogP contribution in [0, 0.1) is 13.8 Å². The van der Waals surface area contributed by atoms with Crippen LogP contribution in [0.15, 0.2) is 29.3 Å². The van der Waals surface area contributed by atoms with Crippen molar-refractivity contribution in [2.75, 3.05) is 25.6 Å². The van der Waals surface area contributed by atoms with Crippen LogP contribution in [0.2, 0.25) is 0 Å². The smallest absolute Gasteiger partial charge is 0.348 e. The molecular weight excluding hydrogens is 452 g/mol. The number of nitrogens with one attached hydrogen (secondary N) is 1. The van der Waals surface area contributed by atoms with E-state index in [1.807, 2.05) is 19.1 Å². The van der Waals surface area contributed by atoms with Gasteiger partial charge in [-0.1, -0.05) is 0 Å². The Balaban J connectivity index is 1.54. The number of amides is 1. The summed E-state index contributed by atoms with van der Waals surface area (Å²) < 4.78 is 12.2. The van der Waals surface area contributed by atoms with Crippen molar-refractivity contribution >= 4 is 60.7 Å². The van der Waals surface area contributed by atoms with E-state index < -0.39 is 5.97 Å². The molecule has 0 saturated heterocycles. The van der Waals surface area contributed by atoms with Gasteiger partial charge in [0, 0.05) is 12.8 Å². The van der Waals surface area contributed by atoms with Crippen LogP contribution in [0.4, 0.5) is 5.69 Å². The van der Waals surface area contributed by atoms with Crippen LogP contribution >= 0.6 is 22.7 Å². The number of esters is 1. The van der Waals surface area contributed by atoms with Crippen molar-refractivity contribution < 1.29 is 19.1 Å². The van der Waals surface area contributed by atoms with E-state index in [4.69, 9.17) is 9.47 Å². The van der Waals surface area contributed by atoms with Crippen molar-refractivity contribution in [2.45, 2.75) is 20.4 Å². The number of rotatable bonds is 7. The zero-order valence-electron chi connectivity index (χ0n) is 17.6. The molecule has 0 bridgehead atoms. The number of carbonyl (C=O) groups is 2. The molecular formula is C21H20N4O5S2. The van der Waals surface area contributed by atoms with Gasteiger partial charge in [0.15, 0.2) is 0 Å². The summed E-state index contributed by atoms with van der Waals surface area (Å²) in [5.41, 5.74) is 1.61. The van der Waals surface area contributed by atoms with Crippen molar-refractivity contribution in [1.82, 2.24) is 14.5 Å². The molecule has 0 unspecified atom stereocenters.